The van der Waals surface area contributed by atoms with Gasteiger partial charge in [0.15, 0.2) is 0 Å². The van der Waals surface area contributed by atoms with Gasteiger partial charge in [0.2, 0.25) is 0 Å². The number of piperidine rings is 1. The first-order chi connectivity index (χ1) is 11.2. The second-order valence-electron chi connectivity index (χ2n) is 6.76. The van der Waals surface area contributed by atoms with Gasteiger partial charge in [0, 0.05) is 25.7 Å². The molecule has 128 valence electrons. The molecule has 2 fully saturated rings. The average Bonchev–Trinajstić information content (AvgIpc) is 2.56. The molecule has 2 aliphatic heterocycles. The third-order valence-electron chi connectivity index (χ3n) is 4.96. The van der Waals surface area contributed by atoms with Crippen molar-refractivity contribution in [3.05, 3.63) is 29.8 Å². The highest BCUT2D eigenvalue weighted by molar-refractivity contribution is 5.28. The number of hydrogen-bond donors (Lipinski definition) is 0. The number of benzene rings is 1. The van der Waals surface area contributed by atoms with Crippen LogP contribution in [-0.4, -0.2) is 61.3 Å². The average molecular weight is 318 g/mol. The van der Waals surface area contributed by atoms with Crippen LogP contribution in [-0.2, 0) is 11.3 Å². The summed E-state index contributed by atoms with van der Waals surface area (Å²) in [6.45, 7) is 11.5. The minimum atomic E-state index is 0.392. The predicted octanol–water partition coefficient (Wildman–Crippen LogP) is 2.77. The molecule has 0 spiro atoms. The smallest absolute Gasteiger partial charge is 0.119 e. The molecule has 1 aromatic carbocycles. The maximum Gasteiger partial charge on any atom is 0.119 e. The molecule has 0 bridgehead atoms. The summed E-state index contributed by atoms with van der Waals surface area (Å²) in [4.78, 5) is 5.21. The third-order valence-corrected chi connectivity index (χ3v) is 4.96. The lowest BCUT2D eigenvalue weighted by Gasteiger charge is -2.41. The van der Waals surface area contributed by atoms with Gasteiger partial charge in [-0.3, -0.25) is 9.80 Å². The van der Waals surface area contributed by atoms with Crippen LogP contribution < -0.4 is 4.74 Å². The van der Waals surface area contributed by atoms with Crippen molar-refractivity contribution in [2.75, 3.05) is 39.4 Å². The Kier molecular flexibility index (Phi) is 5.92. The molecule has 2 saturated heterocycles. The van der Waals surface area contributed by atoms with Crippen molar-refractivity contribution in [1.29, 1.82) is 0 Å². The summed E-state index contributed by atoms with van der Waals surface area (Å²) in [5, 5.41) is 0. The van der Waals surface area contributed by atoms with E-state index >= 15 is 0 Å². The lowest BCUT2D eigenvalue weighted by Crippen LogP contribution is -2.50. The van der Waals surface area contributed by atoms with Crippen molar-refractivity contribution in [2.45, 2.75) is 45.4 Å². The zero-order valence-electron chi connectivity index (χ0n) is 14.5. The highest BCUT2D eigenvalue weighted by atomic mass is 16.5. The maximum atomic E-state index is 5.67. The van der Waals surface area contributed by atoms with Crippen molar-refractivity contribution in [3.8, 4) is 5.75 Å². The first-order valence-electron chi connectivity index (χ1n) is 9.04. The molecule has 2 aliphatic rings. The summed E-state index contributed by atoms with van der Waals surface area (Å²) in [5.74, 6) is 0.988. The topological polar surface area (TPSA) is 24.9 Å². The first-order valence-corrected chi connectivity index (χ1v) is 9.04. The quantitative estimate of drug-likeness (QED) is 0.833. The Bertz CT molecular complexity index is 486. The van der Waals surface area contributed by atoms with Gasteiger partial charge in [-0.1, -0.05) is 12.1 Å². The zero-order chi connectivity index (χ0) is 16.1. The molecule has 4 heteroatoms. The number of likely N-dealkylation sites (tertiary alicyclic amines) is 1. The van der Waals surface area contributed by atoms with E-state index in [1.54, 1.807) is 0 Å². The van der Waals surface area contributed by atoms with Gasteiger partial charge < -0.3 is 9.47 Å². The minimum Gasteiger partial charge on any atom is -0.494 e. The molecule has 2 heterocycles. The second kappa shape index (κ2) is 8.13. The van der Waals surface area contributed by atoms with E-state index in [1.165, 1.54) is 31.5 Å². The first kappa shape index (κ1) is 16.7. The summed E-state index contributed by atoms with van der Waals surface area (Å²) >= 11 is 0. The van der Waals surface area contributed by atoms with Crippen LogP contribution in [0.2, 0.25) is 0 Å². The van der Waals surface area contributed by atoms with Crippen LogP contribution in [0.4, 0.5) is 0 Å². The van der Waals surface area contributed by atoms with E-state index in [0.29, 0.717) is 6.10 Å². The number of morpholine rings is 1. The second-order valence-corrected chi connectivity index (χ2v) is 6.76. The number of ether oxygens (including phenoxy) is 2. The highest BCUT2D eigenvalue weighted by Crippen LogP contribution is 2.21. The van der Waals surface area contributed by atoms with Gasteiger partial charge in [-0.2, -0.15) is 0 Å². The largest absolute Gasteiger partial charge is 0.494 e. The Morgan fingerprint density at radius 1 is 1.22 bits per heavy atom. The Hall–Kier alpha value is -1.10. The summed E-state index contributed by atoms with van der Waals surface area (Å²) < 4.78 is 11.3. The fraction of sp³-hybridized carbons (Fsp3) is 0.684. The Labute approximate surface area is 140 Å². The van der Waals surface area contributed by atoms with Gasteiger partial charge in [0.1, 0.15) is 5.75 Å². The molecule has 1 atom stereocenters. The normalized spacial score (nSPS) is 24.7. The summed E-state index contributed by atoms with van der Waals surface area (Å²) in [6, 6.07) is 9.27. The van der Waals surface area contributed by atoms with Gasteiger partial charge in [-0.05, 0) is 57.5 Å². The Morgan fingerprint density at radius 3 is 2.78 bits per heavy atom. The highest BCUT2D eigenvalue weighted by Gasteiger charge is 2.27. The molecule has 0 saturated carbocycles. The van der Waals surface area contributed by atoms with E-state index in [0.717, 1.165) is 44.6 Å². The van der Waals surface area contributed by atoms with Crippen molar-refractivity contribution < 1.29 is 9.47 Å². The van der Waals surface area contributed by atoms with Crippen LogP contribution >= 0.6 is 0 Å². The van der Waals surface area contributed by atoms with E-state index in [1.807, 2.05) is 13.0 Å². The van der Waals surface area contributed by atoms with Gasteiger partial charge in [-0.15, -0.1) is 0 Å². The van der Waals surface area contributed by atoms with Gasteiger partial charge in [0.05, 0.1) is 19.3 Å². The van der Waals surface area contributed by atoms with E-state index in [9.17, 15) is 0 Å². The Balaban J connectivity index is 1.48. The molecule has 0 radical (unpaired) electrons. The van der Waals surface area contributed by atoms with Crippen LogP contribution in [0.1, 0.15) is 32.3 Å². The summed E-state index contributed by atoms with van der Waals surface area (Å²) in [7, 11) is 0. The van der Waals surface area contributed by atoms with Gasteiger partial charge in [0.25, 0.3) is 0 Å². The van der Waals surface area contributed by atoms with E-state index in [-0.39, 0.29) is 0 Å². The molecule has 0 amide bonds. The zero-order valence-corrected chi connectivity index (χ0v) is 14.5. The van der Waals surface area contributed by atoms with E-state index < -0.39 is 0 Å². The molecule has 3 rings (SSSR count). The minimum absolute atomic E-state index is 0.392. The van der Waals surface area contributed by atoms with Crippen molar-refractivity contribution in [3.63, 3.8) is 0 Å². The third kappa shape index (κ3) is 4.69. The standard InChI is InChI=1S/C19H30N2O2/c1-3-22-19-6-4-5-17(13-19)15-20-9-7-18(8-10-20)21-11-12-23-16(2)14-21/h4-6,13,16,18H,3,7-12,14-15H2,1-2H3. The van der Waals surface area contributed by atoms with Crippen molar-refractivity contribution in [2.24, 2.45) is 0 Å². The summed E-state index contributed by atoms with van der Waals surface area (Å²) in [5.41, 5.74) is 1.36. The number of nitrogens with zero attached hydrogens (tertiary/aromatic N) is 2. The van der Waals surface area contributed by atoms with Crippen molar-refractivity contribution >= 4 is 0 Å². The van der Waals surface area contributed by atoms with Crippen LogP contribution in [0.15, 0.2) is 24.3 Å². The molecule has 23 heavy (non-hydrogen) atoms. The molecule has 0 N–H and O–H groups in total. The maximum absolute atomic E-state index is 5.67. The lowest BCUT2D eigenvalue weighted by atomic mass is 10.0. The molecule has 1 unspecified atom stereocenters. The molecule has 0 aliphatic carbocycles. The number of rotatable bonds is 5. The molecule has 0 aromatic heterocycles. The predicted molar refractivity (Wildman–Crippen MR) is 92.9 cm³/mol. The fourth-order valence-electron chi connectivity index (χ4n) is 3.78. The van der Waals surface area contributed by atoms with E-state index in [4.69, 9.17) is 9.47 Å². The SMILES string of the molecule is CCOc1cccc(CN2CCC(N3CCOC(C)C3)CC2)c1. The molecular formula is C19H30N2O2. The molecular weight excluding hydrogens is 288 g/mol. The summed E-state index contributed by atoms with van der Waals surface area (Å²) in [6.07, 6.45) is 2.94. The fourth-order valence-corrected chi connectivity index (χ4v) is 3.78. The Morgan fingerprint density at radius 2 is 2.04 bits per heavy atom. The van der Waals surface area contributed by atoms with Crippen LogP contribution in [0, 0.1) is 0 Å². The van der Waals surface area contributed by atoms with Crippen molar-refractivity contribution in [1.82, 2.24) is 9.80 Å². The van der Waals surface area contributed by atoms with E-state index in [2.05, 4.69) is 34.9 Å². The van der Waals surface area contributed by atoms with Gasteiger partial charge >= 0.3 is 0 Å². The molecule has 4 nitrogen and oxygen atoms in total. The monoisotopic (exact) mass is 318 g/mol. The molecule has 1 aromatic rings. The van der Waals surface area contributed by atoms with Crippen LogP contribution in [0.5, 0.6) is 5.75 Å². The van der Waals surface area contributed by atoms with Crippen LogP contribution in [0.25, 0.3) is 0 Å². The van der Waals surface area contributed by atoms with Crippen LogP contribution in [0.3, 0.4) is 0 Å². The number of hydrogen-bond acceptors (Lipinski definition) is 4. The van der Waals surface area contributed by atoms with Gasteiger partial charge in [-0.25, -0.2) is 0 Å². The lowest BCUT2D eigenvalue weighted by molar-refractivity contribution is -0.0437.